The number of carbonyl (C=O) groups is 2. The van der Waals surface area contributed by atoms with Gasteiger partial charge in [-0.25, -0.2) is 8.78 Å². The Hall–Kier alpha value is -3.14. The Morgan fingerprint density at radius 1 is 1.29 bits per heavy atom. The molecular formula is C21H21F2N3O2. The predicted molar refractivity (Wildman–Crippen MR) is 102 cm³/mol. The molecule has 1 heterocycles. The third kappa shape index (κ3) is 3.26. The van der Waals surface area contributed by atoms with E-state index in [4.69, 9.17) is 5.73 Å². The highest BCUT2D eigenvalue weighted by atomic mass is 19.2. The second kappa shape index (κ2) is 7.47. The van der Waals surface area contributed by atoms with Gasteiger partial charge in [-0.05, 0) is 51.5 Å². The summed E-state index contributed by atoms with van der Waals surface area (Å²) < 4.78 is 29.8. The number of hydrogen-bond donors (Lipinski definition) is 3. The molecule has 0 fully saturated rings. The maximum absolute atomic E-state index is 15.1. The molecule has 1 aliphatic carbocycles. The molecule has 5 nitrogen and oxygen atoms in total. The number of aryl methyl sites for hydroxylation is 2. The smallest absolute Gasteiger partial charge is 0.299 e. The van der Waals surface area contributed by atoms with Gasteiger partial charge in [0.25, 0.3) is 11.8 Å². The third-order valence-electron chi connectivity index (χ3n) is 5.16. The van der Waals surface area contributed by atoms with E-state index in [0.717, 1.165) is 5.56 Å². The molecule has 1 aliphatic rings. The first-order valence-electron chi connectivity index (χ1n) is 9.00. The molecule has 0 radical (unpaired) electrons. The molecular weight excluding hydrogens is 364 g/mol. The van der Waals surface area contributed by atoms with E-state index in [2.05, 4.69) is 22.1 Å². The summed E-state index contributed by atoms with van der Waals surface area (Å²) in [7, 11) is 0. The zero-order valence-corrected chi connectivity index (χ0v) is 15.9. The number of hydrogen-bond acceptors (Lipinski definition) is 2. The number of H-pyrrole nitrogens is 1. The van der Waals surface area contributed by atoms with Crippen LogP contribution < -0.4 is 11.1 Å². The molecule has 0 saturated heterocycles. The van der Waals surface area contributed by atoms with Crippen LogP contribution in [0.1, 0.15) is 59.3 Å². The summed E-state index contributed by atoms with van der Waals surface area (Å²) in [6, 6.07) is 0. The lowest BCUT2D eigenvalue weighted by Crippen LogP contribution is -2.24. The molecule has 7 heteroatoms. The fourth-order valence-electron chi connectivity index (χ4n) is 3.81. The molecule has 0 bridgehead atoms. The second-order valence-corrected chi connectivity index (χ2v) is 6.93. The van der Waals surface area contributed by atoms with Crippen molar-refractivity contribution in [2.45, 2.75) is 46.0 Å². The Morgan fingerprint density at radius 2 is 2.00 bits per heavy atom. The van der Waals surface area contributed by atoms with Gasteiger partial charge >= 0.3 is 0 Å². The number of rotatable bonds is 3. The van der Waals surface area contributed by atoms with Crippen LogP contribution in [-0.2, 0) is 4.79 Å². The van der Waals surface area contributed by atoms with Gasteiger partial charge in [0.2, 0.25) is 0 Å². The van der Waals surface area contributed by atoms with Crippen LogP contribution in [0.5, 0.6) is 0 Å². The molecule has 0 aliphatic heterocycles. The van der Waals surface area contributed by atoms with Crippen LogP contribution in [0.25, 0.3) is 10.9 Å². The van der Waals surface area contributed by atoms with Gasteiger partial charge in [0.1, 0.15) is 5.56 Å². The van der Waals surface area contributed by atoms with Gasteiger partial charge in [-0.2, -0.15) is 0 Å². The number of carbonyl (C=O) groups excluding carboxylic acids is 2. The molecule has 1 unspecified atom stereocenters. The summed E-state index contributed by atoms with van der Waals surface area (Å²) >= 11 is 0. The first-order chi connectivity index (χ1) is 13.3. The minimum absolute atomic E-state index is 0.173. The molecule has 1 atom stereocenters. The average Bonchev–Trinajstić information content (AvgIpc) is 2.91. The first kappa shape index (κ1) is 19.6. The second-order valence-electron chi connectivity index (χ2n) is 6.93. The van der Waals surface area contributed by atoms with E-state index in [9.17, 15) is 14.0 Å². The van der Waals surface area contributed by atoms with E-state index in [0.29, 0.717) is 36.0 Å². The molecule has 2 aromatic rings. The Labute approximate surface area is 161 Å². The van der Waals surface area contributed by atoms with Crippen molar-refractivity contribution in [3.05, 3.63) is 45.8 Å². The largest absolute Gasteiger partial charge is 0.365 e. The summed E-state index contributed by atoms with van der Waals surface area (Å²) in [5.74, 6) is 0.668. The summed E-state index contributed by atoms with van der Waals surface area (Å²) in [6.45, 7) is 5.11. The summed E-state index contributed by atoms with van der Waals surface area (Å²) in [5.41, 5.74) is 7.27. The van der Waals surface area contributed by atoms with Gasteiger partial charge < -0.3 is 16.0 Å². The minimum Gasteiger partial charge on any atom is -0.365 e. The van der Waals surface area contributed by atoms with Crippen molar-refractivity contribution in [1.29, 1.82) is 0 Å². The van der Waals surface area contributed by atoms with Crippen molar-refractivity contribution in [3.8, 4) is 11.8 Å². The highest BCUT2D eigenvalue weighted by Gasteiger charge is 2.30. The van der Waals surface area contributed by atoms with Gasteiger partial charge in [0.15, 0.2) is 11.6 Å². The molecule has 1 aromatic heterocycles. The van der Waals surface area contributed by atoms with E-state index in [1.54, 1.807) is 26.8 Å². The summed E-state index contributed by atoms with van der Waals surface area (Å²) in [5, 5.41) is 3.17. The van der Waals surface area contributed by atoms with Gasteiger partial charge in [0, 0.05) is 28.3 Å². The summed E-state index contributed by atoms with van der Waals surface area (Å²) in [4.78, 5) is 26.5. The van der Waals surface area contributed by atoms with E-state index in [1.165, 1.54) is 0 Å². The number of benzene rings is 1. The van der Waals surface area contributed by atoms with E-state index >= 15 is 4.39 Å². The van der Waals surface area contributed by atoms with Crippen molar-refractivity contribution >= 4 is 22.7 Å². The van der Waals surface area contributed by atoms with Crippen LogP contribution in [0, 0.1) is 37.3 Å². The number of aromatic nitrogens is 1. The number of fused-ring (bicyclic) bond motifs is 1. The van der Waals surface area contributed by atoms with Gasteiger partial charge in [-0.1, -0.05) is 12.0 Å². The first-order valence-corrected chi connectivity index (χ1v) is 9.00. The van der Waals surface area contributed by atoms with Gasteiger partial charge in [0.05, 0.1) is 5.52 Å². The number of amides is 2. The monoisotopic (exact) mass is 385 g/mol. The molecule has 0 spiro atoms. The third-order valence-corrected chi connectivity index (χ3v) is 5.16. The molecule has 2 amide bonds. The number of nitrogens with one attached hydrogen (secondary N) is 2. The van der Waals surface area contributed by atoms with Crippen molar-refractivity contribution < 1.29 is 18.4 Å². The Morgan fingerprint density at radius 3 is 2.64 bits per heavy atom. The van der Waals surface area contributed by atoms with E-state index in [-0.39, 0.29) is 11.1 Å². The lowest BCUT2D eigenvalue weighted by atomic mass is 9.84. The van der Waals surface area contributed by atoms with Crippen LogP contribution in [0.2, 0.25) is 0 Å². The zero-order chi connectivity index (χ0) is 20.6. The minimum atomic E-state index is -1.25. The molecule has 28 heavy (non-hydrogen) atoms. The molecule has 3 rings (SSSR count). The van der Waals surface area contributed by atoms with Crippen molar-refractivity contribution in [3.63, 3.8) is 0 Å². The fourth-order valence-corrected chi connectivity index (χ4v) is 3.81. The number of aromatic amines is 1. The lowest BCUT2D eigenvalue weighted by molar-refractivity contribution is -0.115. The number of halogens is 2. The standard InChI is InChI=1S/C21H21F2N3O2/c1-4-6-14(27)26-13-8-5-7-12(9-13)16-15-10(2)11(3)25-20(15)17(21(24)28)19(23)18(16)22/h9,12,25H,5,7-8H2,1-3H3,(H2,24,28)(H,26,27). The Balaban J connectivity index is 2.21. The van der Waals surface area contributed by atoms with E-state index < -0.39 is 34.9 Å². The van der Waals surface area contributed by atoms with E-state index in [1.807, 2.05) is 0 Å². The predicted octanol–water partition coefficient (Wildman–Crippen LogP) is 3.45. The van der Waals surface area contributed by atoms with Crippen LogP contribution in [0.4, 0.5) is 8.78 Å². The van der Waals surface area contributed by atoms with Crippen LogP contribution >= 0.6 is 0 Å². The quantitative estimate of drug-likeness (QED) is 0.707. The van der Waals surface area contributed by atoms with Crippen LogP contribution in [0.15, 0.2) is 11.8 Å². The van der Waals surface area contributed by atoms with Crippen LogP contribution in [0.3, 0.4) is 0 Å². The Bertz CT molecular complexity index is 1090. The molecule has 4 N–H and O–H groups in total. The SMILES string of the molecule is CC#CC(=O)NC1=CC(c2c(F)c(F)c(C(N)=O)c3[nH]c(C)c(C)c23)CCC1. The van der Waals surface area contributed by atoms with Gasteiger partial charge in [-0.3, -0.25) is 9.59 Å². The normalized spacial score (nSPS) is 16.3. The van der Waals surface area contributed by atoms with Crippen molar-refractivity contribution in [2.24, 2.45) is 5.73 Å². The summed E-state index contributed by atoms with van der Waals surface area (Å²) in [6.07, 6.45) is 3.63. The molecule has 0 saturated carbocycles. The molecule has 1 aromatic carbocycles. The van der Waals surface area contributed by atoms with Gasteiger partial charge in [-0.15, -0.1) is 0 Å². The number of nitrogens with two attached hydrogens (primary N) is 1. The van der Waals surface area contributed by atoms with Crippen molar-refractivity contribution in [2.75, 3.05) is 0 Å². The number of primary amides is 1. The zero-order valence-electron chi connectivity index (χ0n) is 15.9. The topological polar surface area (TPSA) is 88.0 Å². The maximum atomic E-state index is 15.1. The van der Waals surface area contributed by atoms with Crippen molar-refractivity contribution in [1.82, 2.24) is 10.3 Å². The molecule has 146 valence electrons. The maximum Gasteiger partial charge on any atom is 0.299 e. The highest BCUT2D eigenvalue weighted by molar-refractivity contribution is 6.07. The number of allylic oxidation sites excluding steroid dienone is 2. The Kier molecular flexibility index (Phi) is 5.23. The average molecular weight is 385 g/mol. The van der Waals surface area contributed by atoms with Crippen LogP contribution in [-0.4, -0.2) is 16.8 Å². The highest BCUT2D eigenvalue weighted by Crippen LogP contribution is 2.40. The lowest BCUT2D eigenvalue weighted by Gasteiger charge is -2.23. The fraction of sp³-hybridized carbons (Fsp3) is 0.333.